The van der Waals surface area contributed by atoms with Crippen molar-refractivity contribution in [3.05, 3.63) is 29.8 Å². The Morgan fingerprint density at radius 1 is 1.19 bits per heavy atom. The lowest BCUT2D eigenvalue weighted by Gasteiger charge is -2.45. The van der Waals surface area contributed by atoms with E-state index in [1.165, 1.54) is 0 Å². The maximum atomic E-state index is 12.2. The van der Waals surface area contributed by atoms with E-state index >= 15 is 0 Å². The molecule has 0 radical (unpaired) electrons. The van der Waals surface area contributed by atoms with Crippen molar-refractivity contribution in [2.75, 3.05) is 6.61 Å². The Hall–Kier alpha value is -0.910. The van der Waals surface area contributed by atoms with Gasteiger partial charge in [-0.25, -0.2) is 0 Å². The number of fused-ring (bicyclic) bond motifs is 3. The highest BCUT2D eigenvalue weighted by Crippen LogP contribution is 2.45. The summed E-state index contributed by atoms with van der Waals surface area (Å²) in [6.45, 7) is 2.10. The lowest BCUT2D eigenvalue weighted by molar-refractivity contribution is -0.0485. The van der Waals surface area contributed by atoms with Crippen LogP contribution in [0.5, 0.6) is 0 Å². The van der Waals surface area contributed by atoms with Gasteiger partial charge in [0.05, 0.1) is 17.6 Å². The molecule has 21 heavy (non-hydrogen) atoms. The first-order valence-electron chi connectivity index (χ1n) is 7.60. The molecule has 4 rings (SSSR count). The first-order valence-corrected chi connectivity index (χ1v) is 9.01. The standard InChI is InChI=1S/C16H22O4S/c1-11-2-5-14(6-3-11)21(18,19)20-10-13-8-12-4-7-15(13)16(17)9-12/h2-3,5-6,12-13,15-17H,4,7-10H2,1H3/t12-,13-,15-,16+/m1/s1. The fourth-order valence-corrected chi connectivity index (χ4v) is 4.72. The second-order valence-electron chi connectivity index (χ2n) is 6.46. The molecule has 4 nitrogen and oxygen atoms in total. The van der Waals surface area contributed by atoms with Crippen LogP contribution in [0.25, 0.3) is 0 Å². The van der Waals surface area contributed by atoms with Gasteiger partial charge in [-0.2, -0.15) is 8.42 Å². The van der Waals surface area contributed by atoms with E-state index in [1.54, 1.807) is 24.3 Å². The molecule has 3 aliphatic carbocycles. The van der Waals surface area contributed by atoms with Gasteiger partial charge in [-0.3, -0.25) is 4.18 Å². The van der Waals surface area contributed by atoms with Crippen molar-refractivity contribution >= 4 is 10.1 Å². The fraction of sp³-hybridized carbons (Fsp3) is 0.625. The van der Waals surface area contributed by atoms with E-state index in [4.69, 9.17) is 4.18 Å². The van der Waals surface area contributed by atoms with Crippen LogP contribution >= 0.6 is 0 Å². The minimum atomic E-state index is -3.69. The van der Waals surface area contributed by atoms with Crippen LogP contribution in [0, 0.1) is 24.7 Å². The number of aliphatic hydroxyl groups excluding tert-OH is 1. The van der Waals surface area contributed by atoms with Gasteiger partial charge in [0.15, 0.2) is 0 Å². The third-order valence-corrected chi connectivity index (χ3v) is 6.26. The molecule has 4 atom stereocenters. The molecule has 0 aliphatic heterocycles. The summed E-state index contributed by atoms with van der Waals surface area (Å²) in [5, 5.41) is 10.0. The zero-order chi connectivity index (χ0) is 15.0. The van der Waals surface area contributed by atoms with Crippen molar-refractivity contribution in [2.24, 2.45) is 17.8 Å². The van der Waals surface area contributed by atoms with E-state index in [9.17, 15) is 13.5 Å². The molecule has 3 fully saturated rings. The van der Waals surface area contributed by atoms with Gasteiger partial charge < -0.3 is 5.11 Å². The molecule has 5 heteroatoms. The van der Waals surface area contributed by atoms with Crippen LogP contribution in [0.2, 0.25) is 0 Å². The number of hydrogen-bond donors (Lipinski definition) is 1. The van der Waals surface area contributed by atoms with Crippen molar-refractivity contribution in [1.82, 2.24) is 0 Å². The van der Waals surface area contributed by atoms with Crippen LogP contribution in [-0.4, -0.2) is 26.2 Å². The Kier molecular flexibility index (Phi) is 4.08. The van der Waals surface area contributed by atoms with E-state index in [0.29, 0.717) is 5.92 Å². The Balaban J connectivity index is 1.65. The zero-order valence-electron chi connectivity index (χ0n) is 12.2. The Bertz CT molecular complexity index is 593. The van der Waals surface area contributed by atoms with Crippen molar-refractivity contribution in [1.29, 1.82) is 0 Å². The van der Waals surface area contributed by atoms with E-state index in [2.05, 4.69) is 0 Å². The monoisotopic (exact) mass is 310 g/mol. The normalized spacial score (nSPS) is 32.3. The molecule has 0 aromatic heterocycles. The Labute approximate surface area is 126 Å². The van der Waals surface area contributed by atoms with Crippen molar-refractivity contribution < 1.29 is 17.7 Å². The summed E-state index contributed by atoms with van der Waals surface area (Å²) < 4.78 is 29.6. The lowest BCUT2D eigenvalue weighted by atomic mass is 9.63. The number of benzene rings is 1. The molecule has 3 aliphatic rings. The molecule has 0 saturated heterocycles. The zero-order valence-corrected chi connectivity index (χ0v) is 13.1. The second kappa shape index (κ2) is 5.71. The number of aliphatic hydroxyl groups is 1. The minimum Gasteiger partial charge on any atom is -0.393 e. The van der Waals surface area contributed by atoms with Gasteiger partial charge in [-0.15, -0.1) is 0 Å². The first kappa shape index (κ1) is 15.0. The van der Waals surface area contributed by atoms with Gasteiger partial charge in [0, 0.05) is 0 Å². The van der Waals surface area contributed by atoms with Gasteiger partial charge in [-0.05, 0) is 62.5 Å². The molecule has 116 valence electrons. The Morgan fingerprint density at radius 2 is 1.90 bits per heavy atom. The van der Waals surface area contributed by atoms with Crippen LogP contribution < -0.4 is 0 Å². The van der Waals surface area contributed by atoms with E-state index in [-0.39, 0.29) is 29.4 Å². The summed E-state index contributed by atoms with van der Waals surface area (Å²) >= 11 is 0. The molecular weight excluding hydrogens is 288 g/mol. The summed E-state index contributed by atoms with van der Waals surface area (Å²) in [6.07, 6.45) is 3.71. The van der Waals surface area contributed by atoms with Crippen molar-refractivity contribution in [2.45, 2.75) is 43.6 Å². The maximum Gasteiger partial charge on any atom is 0.296 e. The fourth-order valence-electron chi connectivity index (χ4n) is 3.76. The average molecular weight is 310 g/mol. The Morgan fingerprint density at radius 3 is 2.52 bits per heavy atom. The molecular formula is C16H22O4S. The van der Waals surface area contributed by atoms with Crippen LogP contribution in [0.4, 0.5) is 0 Å². The van der Waals surface area contributed by atoms with Crippen molar-refractivity contribution in [3.8, 4) is 0 Å². The summed E-state index contributed by atoms with van der Waals surface area (Å²) in [5.74, 6) is 0.886. The summed E-state index contributed by atoms with van der Waals surface area (Å²) in [5.41, 5.74) is 1.02. The summed E-state index contributed by atoms with van der Waals surface area (Å²) in [4.78, 5) is 0.203. The molecule has 3 saturated carbocycles. The predicted octanol–water partition coefficient (Wildman–Crippen LogP) is 2.50. The lowest BCUT2D eigenvalue weighted by Crippen LogP contribution is -2.43. The van der Waals surface area contributed by atoms with Gasteiger partial charge in [0.25, 0.3) is 10.1 Å². The number of rotatable bonds is 4. The smallest absolute Gasteiger partial charge is 0.296 e. The number of hydrogen-bond acceptors (Lipinski definition) is 4. The third-order valence-electron chi connectivity index (χ3n) is 4.97. The van der Waals surface area contributed by atoms with Crippen LogP contribution in [-0.2, 0) is 14.3 Å². The highest BCUT2D eigenvalue weighted by molar-refractivity contribution is 7.86. The minimum absolute atomic E-state index is 0.160. The molecule has 0 spiro atoms. The molecule has 2 bridgehead atoms. The third kappa shape index (κ3) is 3.15. The van der Waals surface area contributed by atoms with E-state index < -0.39 is 10.1 Å². The molecule has 1 N–H and O–H groups in total. The summed E-state index contributed by atoms with van der Waals surface area (Å²) in [6, 6.07) is 6.68. The quantitative estimate of drug-likeness (QED) is 0.868. The van der Waals surface area contributed by atoms with Crippen molar-refractivity contribution in [3.63, 3.8) is 0 Å². The first-order chi connectivity index (χ1) is 9.95. The van der Waals surface area contributed by atoms with Gasteiger partial charge >= 0.3 is 0 Å². The molecule has 0 heterocycles. The highest BCUT2D eigenvalue weighted by Gasteiger charge is 2.41. The van der Waals surface area contributed by atoms with Gasteiger partial charge in [-0.1, -0.05) is 17.7 Å². The second-order valence-corrected chi connectivity index (χ2v) is 8.07. The predicted molar refractivity (Wildman–Crippen MR) is 79.3 cm³/mol. The van der Waals surface area contributed by atoms with E-state index in [0.717, 1.165) is 31.2 Å². The molecule has 0 amide bonds. The number of aryl methyl sites for hydroxylation is 1. The van der Waals surface area contributed by atoms with E-state index in [1.807, 2.05) is 6.92 Å². The topological polar surface area (TPSA) is 63.6 Å². The van der Waals surface area contributed by atoms with Gasteiger partial charge in [0.2, 0.25) is 0 Å². The molecule has 1 aromatic carbocycles. The summed E-state index contributed by atoms with van der Waals surface area (Å²) in [7, 11) is -3.69. The van der Waals surface area contributed by atoms with Crippen LogP contribution in [0.1, 0.15) is 31.2 Å². The highest BCUT2D eigenvalue weighted by atomic mass is 32.2. The van der Waals surface area contributed by atoms with Crippen LogP contribution in [0.3, 0.4) is 0 Å². The molecule has 1 aromatic rings. The van der Waals surface area contributed by atoms with Crippen LogP contribution in [0.15, 0.2) is 29.2 Å². The largest absolute Gasteiger partial charge is 0.393 e. The molecule has 0 unspecified atom stereocenters. The van der Waals surface area contributed by atoms with Gasteiger partial charge in [0.1, 0.15) is 0 Å². The average Bonchev–Trinajstić information content (AvgIpc) is 2.46. The SMILES string of the molecule is Cc1ccc(S(=O)(=O)OC[C@H]2C[C@H]3CC[C@H]2[C@@H](O)C3)cc1. The maximum absolute atomic E-state index is 12.2.